The molecule has 2 aromatic rings. The van der Waals surface area contributed by atoms with Crippen LogP contribution in [0.25, 0.3) is 0 Å². The molecule has 0 unspecified atom stereocenters. The van der Waals surface area contributed by atoms with Crippen molar-refractivity contribution >= 4 is 23.4 Å². The number of hydrogen-bond acceptors (Lipinski definition) is 4. The van der Waals surface area contributed by atoms with E-state index in [0.717, 1.165) is 5.56 Å². The Kier molecular flexibility index (Phi) is 6.03. The highest BCUT2D eigenvalue weighted by Crippen LogP contribution is 2.27. The maximum Gasteiger partial charge on any atom is 0.271 e. The Hall–Kier alpha value is -2.73. The number of hydrogen-bond donors (Lipinski definition) is 2. The monoisotopic (exact) mass is 348 g/mol. The summed E-state index contributed by atoms with van der Waals surface area (Å²) < 4.78 is 10.3. The number of carbonyl (C=O) groups is 2. The van der Waals surface area contributed by atoms with Crippen LogP contribution in [0.3, 0.4) is 0 Å². The van der Waals surface area contributed by atoms with Gasteiger partial charge < -0.3 is 9.47 Å². The lowest BCUT2D eigenvalue weighted by Crippen LogP contribution is -2.42. The molecule has 0 atom stereocenters. The van der Waals surface area contributed by atoms with E-state index in [0.29, 0.717) is 16.5 Å². The molecule has 2 N–H and O–H groups in total. The molecule has 2 aromatic carbocycles. The minimum absolute atomic E-state index is 0.0726. The van der Waals surface area contributed by atoms with E-state index in [1.807, 2.05) is 0 Å². The van der Waals surface area contributed by atoms with Crippen molar-refractivity contribution in [2.45, 2.75) is 6.42 Å². The zero-order valence-corrected chi connectivity index (χ0v) is 14.0. The third-order valence-corrected chi connectivity index (χ3v) is 3.58. The molecule has 0 fully saturated rings. The fourth-order valence-corrected chi connectivity index (χ4v) is 2.28. The second-order valence-corrected chi connectivity index (χ2v) is 5.26. The summed E-state index contributed by atoms with van der Waals surface area (Å²) in [7, 11) is 3.06. The van der Waals surface area contributed by atoms with Crippen LogP contribution >= 0.6 is 11.6 Å². The van der Waals surface area contributed by atoms with Crippen molar-refractivity contribution < 1.29 is 19.1 Å². The second kappa shape index (κ2) is 8.21. The van der Waals surface area contributed by atoms with Gasteiger partial charge in [0.05, 0.1) is 31.2 Å². The Bertz CT molecular complexity index is 749. The summed E-state index contributed by atoms with van der Waals surface area (Å²) in [5, 5.41) is 0.309. The zero-order valence-electron chi connectivity index (χ0n) is 13.3. The number of halogens is 1. The maximum atomic E-state index is 12.0. The van der Waals surface area contributed by atoms with Crippen molar-refractivity contribution in [1.29, 1.82) is 0 Å². The Balaban J connectivity index is 1.94. The van der Waals surface area contributed by atoms with Crippen LogP contribution in [0.4, 0.5) is 0 Å². The lowest BCUT2D eigenvalue weighted by Gasteiger charge is -2.11. The summed E-state index contributed by atoms with van der Waals surface area (Å²) in [4.78, 5) is 23.9. The molecule has 0 radical (unpaired) electrons. The summed E-state index contributed by atoms with van der Waals surface area (Å²) in [5.41, 5.74) is 5.69. The molecular weight excluding hydrogens is 332 g/mol. The Labute approximate surface area is 144 Å². The molecule has 0 aromatic heterocycles. The minimum atomic E-state index is -0.485. The highest BCUT2D eigenvalue weighted by atomic mass is 35.5. The molecule has 0 spiro atoms. The Morgan fingerprint density at radius 1 is 1.00 bits per heavy atom. The van der Waals surface area contributed by atoms with Crippen LogP contribution in [0.1, 0.15) is 15.9 Å². The lowest BCUT2D eigenvalue weighted by molar-refractivity contribution is -0.121. The third-order valence-electron chi connectivity index (χ3n) is 3.25. The number of methoxy groups -OCH3 is 2. The van der Waals surface area contributed by atoms with Crippen LogP contribution in [0.2, 0.25) is 5.02 Å². The van der Waals surface area contributed by atoms with Crippen molar-refractivity contribution in [3.05, 3.63) is 58.6 Å². The molecule has 0 bridgehead atoms. The van der Waals surface area contributed by atoms with Crippen LogP contribution < -0.4 is 20.3 Å². The van der Waals surface area contributed by atoms with Crippen molar-refractivity contribution in [1.82, 2.24) is 10.9 Å². The summed E-state index contributed by atoms with van der Waals surface area (Å²) in [6.07, 6.45) is 0.0726. The summed E-state index contributed by atoms with van der Waals surface area (Å²) >= 11 is 5.93. The van der Waals surface area contributed by atoms with E-state index < -0.39 is 5.91 Å². The van der Waals surface area contributed by atoms with Crippen molar-refractivity contribution in [2.75, 3.05) is 14.2 Å². The van der Waals surface area contributed by atoms with Crippen molar-refractivity contribution in [2.24, 2.45) is 0 Å². The highest BCUT2D eigenvalue weighted by Gasteiger charge is 2.12. The van der Waals surface area contributed by atoms with E-state index in [1.54, 1.807) is 42.5 Å². The SMILES string of the molecule is COc1ccc(CC(=O)NNC(=O)c2ccccc2Cl)cc1OC. The summed E-state index contributed by atoms with van der Waals surface area (Å²) in [6, 6.07) is 11.7. The van der Waals surface area contributed by atoms with Crippen molar-refractivity contribution in [3.63, 3.8) is 0 Å². The van der Waals surface area contributed by atoms with Gasteiger partial charge in [-0.05, 0) is 29.8 Å². The minimum Gasteiger partial charge on any atom is -0.493 e. The van der Waals surface area contributed by atoms with Gasteiger partial charge in [-0.15, -0.1) is 0 Å². The van der Waals surface area contributed by atoms with Crippen LogP contribution in [0.15, 0.2) is 42.5 Å². The van der Waals surface area contributed by atoms with Crippen molar-refractivity contribution in [3.8, 4) is 11.5 Å². The highest BCUT2D eigenvalue weighted by molar-refractivity contribution is 6.33. The fraction of sp³-hybridized carbons (Fsp3) is 0.176. The first kappa shape index (κ1) is 17.6. The van der Waals surface area contributed by atoms with Gasteiger partial charge in [0, 0.05) is 0 Å². The third kappa shape index (κ3) is 4.39. The van der Waals surface area contributed by atoms with Gasteiger partial charge in [0.2, 0.25) is 5.91 Å². The van der Waals surface area contributed by atoms with Crippen LogP contribution in [0.5, 0.6) is 11.5 Å². The molecule has 0 saturated carbocycles. The smallest absolute Gasteiger partial charge is 0.271 e. The van der Waals surface area contributed by atoms with Gasteiger partial charge in [-0.25, -0.2) is 0 Å². The molecule has 0 aliphatic heterocycles. The summed E-state index contributed by atoms with van der Waals surface area (Å²) in [5.74, 6) is 0.250. The van der Waals surface area contributed by atoms with Gasteiger partial charge in [0.15, 0.2) is 11.5 Å². The van der Waals surface area contributed by atoms with Gasteiger partial charge in [0.1, 0.15) is 0 Å². The molecule has 126 valence electrons. The van der Waals surface area contributed by atoms with Gasteiger partial charge in [-0.2, -0.15) is 0 Å². The molecular formula is C17H17ClN2O4. The Morgan fingerprint density at radius 3 is 2.38 bits per heavy atom. The van der Waals surface area contributed by atoms with Crippen LogP contribution in [-0.2, 0) is 11.2 Å². The van der Waals surface area contributed by atoms with Gasteiger partial charge >= 0.3 is 0 Å². The van der Waals surface area contributed by atoms with E-state index in [-0.39, 0.29) is 17.9 Å². The number of ether oxygens (including phenoxy) is 2. The molecule has 0 saturated heterocycles. The molecule has 2 amide bonds. The van der Waals surface area contributed by atoms with E-state index in [1.165, 1.54) is 14.2 Å². The standard InChI is InChI=1S/C17H17ClN2O4/c1-23-14-8-7-11(9-15(14)24-2)10-16(21)19-20-17(22)12-5-3-4-6-13(12)18/h3-9H,10H2,1-2H3,(H,19,21)(H,20,22). The van der Waals surface area contributed by atoms with Crippen LogP contribution in [-0.4, -0.2) is 26.0 Å². The molecule has 2 rings (SSSR count). The quantitative estimate of drug-likeness (QED) is 0.813. The normalized spacial score (nSPS) is 9.96. The van der Waals surface area contributed by atoms with E-state index in [4.69, 9.17) is 21.1 Å². The van der Waals surface area contributed by atoms with Gasteiger partial charge in [0.25, 0.3) is 5.91 Å². The molecule has 0 heterocycles. The number of amides is 2. The number of benzene rings is 2. The number of nitrogens with one attached hydrogen (secondary N) is 2. The predicted molar refractivity (Wildman–Crippen MR) is 90.3 cm³/mol. The number of rotatable bonds is 5. The largest absolute Gasteiger partial charge is 0.493 e. The topological polar surface area (TPSA) is 76.7 Å². The number of carbonyl (C=O) groups excluding carboxylic acids is 2. The van der Waals surface area contributed by atoms with E-state index in [2.05, 4.69) is 10.9 Å². The molecule has 7 heteroatoms. The Morgan fingerprint density at radius 2 is 1.71 bits per heavy atom. The average molecular weight is 349 g/mol. The average Bonchev–Trinajstić information content (AvgIpc) is 2.60. The predicted octanol–water partition coefficient (Wildman–Crippen LogP) is 2.36. The van der Waals surface area contributed by atoms with Crippen LogP contribution in [0, 0.1) is 0 Å². The first-order chi connectivity index (χ1) is 11.5. The first-order valence-electron chi connectivity index (χ1n) is 7.09. The summed E-state index contributed by atoms with van der Waals surface area (Å²) in [6.45, 7) is 0. The van der Waals surface area contributed by atoms with Gasteiger partial charge in [-0.3, -0.25) is 20.4 Å². The molecule has 0 aliphatic carbocycles. The maximum absolute atomic E-state index is 12.0. The van der Waals surface area contributed by atoms with E-state index >= 15 is 0 Å². The lowest BCUT2D eigenvalue weighted by atomic mass is 10.1. The molecule has 0 aliphatic rings. The van der Waals surface area contributed by atoms with Gasteiger partial charge in [-0.1, -0.05) is 29.8 Å². The fourth-order valence-electron chi connectivity index (χ4n) is 2.06. The van der Waals surface area contributed by atoms with E-state index in [9.17, 15) is 9.59 Å². The number of hydrazine groups is 1. The molecule has 24 heavy (non-hydrogen) atoms. The molecule has 6 nitrogen and oxygen atoms in total. The first-order valence-corrected chi connectivity index (χ1v) is 7.47. The zero-order chi connectivity index (χ0) is 17.5. The second-order valence-electron chi connectivity index (χ2n) is 4.85.